The van der Waals surface area contributed by atoms with E-state index in [0.29, 0.717) is 17.4 Å². The van der Waals surface area contributed by atoms with E-state index >= 15 is 0 Å². The van der Waals surface area contributed by atoms with Crippen molar-refractivity contribution in [3.63, 3.8) is 0 Å². The first-order valence-corrected chi connectivity index (χ1v) is 5.61. The van der Waals surface area contributed by atoms with Crippen molar-refractivity contribution in [3.05, 3.63) is 35.7 Å². The van der Waals surface area contributed by atoms with Crippen molar-refractivity contribution in [2.24, 2.45) is 0 Å². The van der Waals surface area contributed by atoms with Gasteiger partial charge in [0.2, 0.25) is 5.75 Å². The average molecular weight is 244 g/mol. The third-order valence-electron chi connectivity index (χ3n) is 2.89. The molecule has 0 spiro atoms. The number of nitrogens with one attached hydrogen (secondary N) is 1. The van der Waals surface area contributed by atoms with E-state index in [1.807, 2.05) is 12.1 Å². The maximum atomic E-state index is 5.74. The lowest BCUT2D eigenvalue weighted by atomic mass is 10.1. The molecular formula is C13H16N4O. The molecular weight excluding hydrogens is 228 g/mol. The summed E-state index contributed by atoms with van der Waals surface area (Å²) in [5.74, 6) is 1.34. The molecule has 0 aliphatic carbocycles. The van der Waals surface area contributed by atoms with E-state index in [-0.39, 0.29) is 0 Å². The fraction of sp³-hybridized carbons (Fsp3) is 0.231. The number of hydrogen-bond acceptors (Lipinski definition) is 5. The van der Waals surface area contributed by atoms with Crippen molar-refractivity contribution in [1.29, 1.82) is 0 Å². The molecule has 18 heavy (non-hydrogen) atoms. The van der Waals surface area contributed by atoms with E-state index in [4.69, 9.17) is 10.5 Å². The number of nitrogen functional groups attached to an aromatic ring is 1. The van der Waals surface area contributed by atoms with Crippen molar-refractivity contribution in [3.8, 4) is 5.75 Å². The molecule has 0 unspecified atom stereocenters. The molecule has 5 nitrogen and oxygen atoms in total. The second-order valence-electron chi connectivity index (χ2n) is 4.01. The summed E-state index contributed by atoms with van der Waals surface area (Å²) < 4.78 is 5.21. The number of hydrogen-bond donors (Lipinski definition) is 2. The Morgan fingerprint density at radius 1 is 1.22 bits per heavy atom. The van der Waals surface area contributed by atoms with Gasteiger partial charge in [-0.2, -0.15) is 0 Å². The lowest BCUT2D eigenvalue weighted by Gasteiger charge is -2.13. The van der Waals surface area contributed by atoms with Crippen LogP contribution in [0, 0.1) is 13.8 Å². The summed E-state index contributed by atoms with van der Waals surface area (Å²) in [6, 6.07) is 6.04. The van der Waals surface area contributed by atoms with Crippen LogP contribution in [0.4, 0.5) is 17.3 Å². The van der Waals surface area contributed by atoms with Crippen molar-refractivity contribution in [2.75, 3.05) is 18.2 Å². The highest BCUT2D eigenvalue weighted by atomic mass is 16.5. The van der Waals surface area contributed by atoms with Crippen LogP contribution in [0.25, 0.3) is 0 Å². The molecule has 2 rings (SSSR count). The molecule has 2 aromatic rings. The van der Waals surface area contributed by atoms with Gasteiger partial charge in [0.25, 0.3) is 0 Å². The number of nitrogens with zero attached hydrogens (tertiary/aromatic N) is 2. The fourth-order valence-corrected chi connectivity index (χ4v) is 1.69. The third-order valence-corrected chi connectivity index (χ3v) is 2.89. The zero-order valence-corrected chi connectivity index (χ0v) is 10.7. The summed E-state index contributed by atoms with van der Waals surface area (Å²) in [4.78, 5) is 8.04. The van der Waals surface area contributed by atoms with Gasteiger partial charge < -0.3 is 15.8 Å². The van der Waals surface area contributed by atoms with Gasteiger partial charge in [-0.1, -0.05) is 12.1 Å². The lowest BCUT2D eigenvalue weighted by Crippen LogP contribution is -2.03. The van der Waals surface area contributed by atoms with Crippen LogP contribution in [-0.2, 0) is 0 Å². The van der Waals surface area contributed by atoms with Gasteiger partial charge in [0.15, 0.2) is 11.6 Å². The minimum Gasteiger partial charge on any atom is -0.490 e. The van der Waals surface area contributed by atoms with E-state index in [2.05, 4.69) is 35.2 Å². The summed E-state index contributed by atoms with van der Waals surface area (Å²) >= 11 is 0. The Kier molecular flexibility index (Phi) is 3.32. The van der Waals surface area contributed by atoms with E-state index in [0.717, 1.165) is 11.3 Å². The van der Waals surface area contributed by atoms with Crippen molar-refractivity contribution in [2.45, 2.75) is 13.8 Å². The van der Waals surface area contributed by atoms with E-state index in [1.54, 1.807) is 7.11 Å². The molecule has 0 saturated heterocycles. The minimum absolute atomic E-state index is 0.320. The molecule has 1 aromatic heterocycles. The van der Waals surface area contributed by atoms with Gasteiger partial charge >= 0.3 is 0 Å². The number of aromatic nitrogens is 2. The summed E-state index contributed by atoms with van der Waals surface area (Å²) in [5, 5.41) is 3.22. The zero-order valence-electron chi connectivity index (χ0n) is 10.7. The second kappa shape index (κ2) is 4.91. The number of anilines is 3. The smallest absolute Gasteiger partial charge is 0.204 e. The lowest BCUT2D eigenvalue weighted by molar-refractivity contribution is 0.415. The number of nitrogens with two attached hydrogens (primary N) is 1. The third kappa shape index (κ3) is 2.20. The van der Waals surface area contributed by atoms with Crippen LogP contribution in [0.5, 0.6) is 5.75 Å². The molecule has 94 valence electrons. The Hall–Kier alpha value is -2.30. The van der Waals surface area contributed by atoms with Crippen LogP contribution in [0.2, 0.25) is 0 Å². The van der Waals surface area contributed by atoms with Gasteiger partial charge in [-0.25, -0.2) is 9.97 Å². The molecule has 0 aliphatic rings. The Labute approximate surface area is 106 Å². The van der Waals surface area contributed by atoms with Crippen molar-refractivity contribution in [1.82, 2.24) is 9.97 Å². The number of ether oxygens (including phenoxy) is 1. The molecule has 0 bridgehead atoms. The van der Waals surface area contributed by atoms with E-state index < -0.39 is 0 Å². The van der Waals surface area contributed by atoms with Crippen LogP contribution in [-0.4, -0.2) is 17.1 Å². The molecule has 0 aliphatic heterocycles. The normalized spacial score (nSPS) is 10.2. The Bertz CT molecular complexity index is 569. The van der Waals surface area contributed by atoms with Gasteiger partial charge in [0, 0.05) is 5.69 Å². The number of methoxy groups -OCH3 is 1. The fourth-order valence-electron chi connectivity index (χ4n) is 1.69. The van der Waals surface area contributed by atoms with E-state index in [9.17, 15) is 0 Å². The molecule has 1 heterocycles. The first-order chi connectivity index (χ1) is 8.63. The number of rotatable bonds is 3. The number of aryl methyl sites for hydroxylation is 1. The molecule has 0 radical (unpaired) electrons. The van der Waals surface area contributed by atoms with Crippen molar-refractivity contribution >= 4 is 17.3 Å². The standard InChI is InChI=1S/C13H16N4O/c1-8-5-4-6-10(9(8)2)17-13-11(18-3)12(14)15-7-16-13/h4-7H,1-3H3,(H3,14,15,16,17). The van der Waals surface area contributed by atoms with Crippen LogP contribution in [0.15, 0.2) is 24.5 Å². The zero-order chi connectivity index (χ0) is 13.1. The quantitative estimate of drug-likeness (QED) is 0.867. The van der Waals surface area contributed by atoms with Gasteiger partial charge in [-0.15, -0.1) is 0 Å². The predicted molar refractivity (Wildman–Crippen MR) is 72.2 cm³/mol. The summed E-state index contributed by atoms with van der Waals surface area (Å²) in [6.07, 6.45) is 1.41. The second-order valence-corrected chi connectivity index (χ2v) is 4.01. The number of benzene rings is 1. The first kappa shape index (κ1) is 12.2. The van der Waals surface area contributed by atoms with Gasteiger partial charge in [0.1, 0.15) is 6.33 Å². The van der Waals surface area contributed by atoms with Crippen LogP contribution in [0.3, 0.4) is 0 Å². The van der Waals surface area contributed by atoms with Crippen molar-refractivity contribution < 1.29 is 4.74 Å². The molecule has 0 fully saturated rings. The predicted octanol–water partition coefficient (Wildman–Crippen LogP) is 2.43. The summed E-state index contributed by atoms with van der Waals surface area (Å²) in [7, 11) is 1.54. The summed E-state index contributed by atoms with van der Waals surface area (Å²) in [6.45, 7) is 4.11. The van der Waals surface area contributed by atoms with Crippen LogP contribution in [0.1, 0.15) is 11.1 Å². The highest BCUT2D eigenvalue weighted by molar-refractivity contribution is 5.70. The molecule has 0 atom stereocenters. The monoisotopic (exact) mass is 244 g/mol. The van der Waals surface area contributed by atoms with E-state index in [1.165, 1.54) is 11.9 Å². The van der Waals surface area contributed by atoms with Gasteiger partial charge in [0.05, 0.1) is 7.11 Å². The largest absolute Gasteiger partial charge is 0.490 e. The van der Waals surface area contributed by atoms with Crippen LogP contribution < -0.4 is 15.8 Å². The summed E-state index contributed by atoms with van der Waals surface area (Å²) in [5.41, 5.74) is 9.09. The van der Waals surface area contributed by atoms with Gasteiger partial charge in [-0.3, -0.25) is 0 Å². The molecule has 0 saturated carbocycles. The molecule has 1 aromatic carbocycles. The Balaban J connectivity index is 2.40. The topological polar surface area (TPSA) is 73.1 Å². The highest BCUT2D eigenvalue weighted by Gasteiger charge is 2.10. The minimum atomic E-state index is 0.320. The Morgan fingerprint density at radius 3 is 2.72 bits per heavy atom. The molecule has 3 N–H and O–H groups in total. The molecule has 0 amide bonds. The van der Waals surface area contributed by atoms with Gasteiger partial charge in [-0.05, 0) is 31.0 Å². The first-order valence-electron chi connectivity index (χ1n) is 5.61. The Morgan fingerprint density at radius 2 is 2.00 bits per heavy atom. The maximum Gasteiger partial charge on any atom is 0.204 e. The SMILES string of the molecule is COc1c(N)ncnc1Nc1cccc(C)c1C. The highest BCUT2D eigenvalue weighted by Crippen LogP contribution is 2.30. The maximum absolute atomic E-state index is 5.74. The van der Waals surface area contributed by atoms with Crippen LogP contribution >= 0.6 is 0 Å². The molecule has 5 heteroatoms. The average Bonchev–Trinajstić information content (AvgIpc) is 2.35.